The van der Waals surface area contributed by atoms with Gasteiger partial charge in [-0.2, -0.15) is 0 Å². The van der Waals surface area contributed by atoms with Crippen molar-refractivity contribution in [2.75, 3.05) is 12.8 Å². The lowest BCUT2D eigenvalue weighted by Gasteiger charge is -2.20. The van der Waals surface area contributed by atoms with E-state index in [-0.39, 0.29) is 12.1 Å². The van der Waals surface area contributed by atoms with Crippen molar-refractivity contribution in [1.82, 2.24) is 14.5 Å². The predicted molar refractivity (Wildman–Crippen MR) is 73.3 cm³/mol. The molecule has 0 amide bonds. The van der Waals surface area contributed by atoms with Crippen LogP contribution in [0.5, 0.6) is 0 Å². The summed E-state index contributed by atoms with van der Waals surface area (Å²) in [6.45, 7) is 0. The third-order valence-electron chi connectivity index (χ3n) is 3.58. The summed E-state index contributed by atoms with van der Waals surface area (Å²) in [5.74, 6) is 0.518. The number of pyridine rings is 1. The summed E-state index contributed by atoms with van der Waals surface area (Å²) in [4.78, 5) is 8.81. The number of hydrogen-bond acceptors (Lipinski definition) is 4. The monoisotopic (exact) mass is 310 g/mol. The molecule has 0 bridgehead atoms. The molecule has 1 saturated carbocycles. The van der Waals surface area contributed by atoms with Crippen molar-refractivity contribution in [2.24, 2.45) is 0 Å². The van der Waals surface area contributed by atoms with Crippen molar-refractivity contribution in [2.45, 2.75) is 31.4 Å². The first kappa shape index (κ1) is 11.9. The Bertz CT molecular complexity index is 583. The van der Waals surface area contributed by atoms with Gasteiger partial charge < -0.3 is 10.5 Å². The van der Waals surface area contributed by atoms with Gasteiger partial charge in [0.2, 0.25) is 5.95 Å². The fourth-order valence-corrected chi connectivity index (χ4v) is 3.10. The number of nitrogen functional groups attached to an aromatic ring is 1. The molecule has 18 heavy (non-hydrogen) atoms. The maximum atomic E-state index is 6.04. The van der Waals surface area contributed by atoms with E-state index in [0.29, 0.717) is 5.95 Å². The minimum atomic E-state index is 0.204. The van der Waals surface area contributed by atoms with Crippen molar-refractivity contribution >= 4 is 33.0 Å². The molecule has 1 aliphatic carbocycles. The Balaban J connectivity index is 2.13. The number of methoxy groups -OCH3 is 1. The molecule has 1 fully saturated rings. The van der Waals surface area contributed by atoms with Gasteiger partial charge in [-0.25, -0.2) is 9.97 Å². The number of fused-ring (bicyclic) bond motifs is 1. The van der Waals surface area contributed by atoms with Gasteiger partial charge in [0.05, 0.1) is 12.1 Å². The van der Waals surface area contributed by atoms with E-state index >= 15 is 0 Å². The Morgan fingerprint density at radius 1 is 1.50 bits per heavy atom. The van der Waals surface area contributed by atoms with Crippen LogP contribution in [0.3, 0.4) is 0 Å². The van der Waals surface area contributed by atoms with E-state index in [1.54, 1.807) is 13.3 Å². The first-order valence-corrected chi connectivity index (χ1v) is 6.81. The number of hydrogen-bond donors (Lipinski definition) is 1. The van der Waals surface area contributed by atoms with Gasteiger partial charge >= 0.3 is 0 Å². The molecule has 2 N–H and O–H groups in total. The van der Waals surface area contributed by atoms with Gasteiger partial charge in [0.1, 0.15) is 5.52 Å². The van der Waals surface area contributed by atoms with Gasteiger partial charge in [-0.15, -0.1) is 0 Å². The Morgan fingerprint density at radius 2 is 2.33 bits per heavy atom. The number of anilines is 1. The smallest absolute Gasteiger partial charge is 0.202 e. The highest BCUT2D eigenvalue weighted by atomic mass is 79.9. The van der Waals surface area contributed by atoms with Gasteiger partial charge in [-0.1, -0.05) is 0 Å². The molecule has 1 aliphatic rings. The molecule has 96 valence electrons. The molecule has 0 radical (unpaired) electrons. The predicted octanol–water partition coefficient (Wildman–Crippen LogP) is 2.52. The second kappa shape index (κ2) is 4.51. The fraction of sp³-hybridized carbons (Fsp3) is 0.500. The number of nitrogens with two attached hydrogens (primary N) is 1. The molecular formula is C12H15BrN4O. The number of halogens is 1. The van der Waals surface area contributed by atoms with Crippen molar-refractivity contribution in [3.05, 3.63) is 16.7 Å². The van der Waals surface area contributed by atoms with Gasteiger partial charge in [0.25, 0.3) is 0 Å². The van der Waals surface area contributed by atoms with Crippen LogP contribution in [-0.2, 0) is 4.74 Å². The Hall–Kier alpha value is -1.14. The van der Waals surface area contributed by atoms with E-state index in [4.69, 9.17) is 10.5 Å². The van der Waals surface area contributed by atoms with Gasteiger partial charge in [0, 0.05) is 17.8 Å². The van der Waals surface area contributed by atoms with E-state index in [9.17, 15) is 0 Å². The number of nitrogens with zero attached hydrogens (tertiary/aromatic N) is 3. The summed E-state index contributed by atoms with van der Waals surface area (Å²) in [5.41, 5.74) is 7.70. The van der Waals surface area contributed by atoms with E-state index in [1.165, 1.54) is 0 Å². The van der Waals surface area contributed by atoms with Gasteiger partial charge in [0.15, 0.2) is 5.65 Å². The molecule has 5 nitrogen and oxygen atoms in total. The highest BCUT2D eigenvalue weighted by Gasteiger charge is 2.31. The lowest BCUT2D eigenvalue weighted by Crippen LogP contribution is -2.22. The molecule has 2 atom stereocenters. The summed E-state index contributed by atoms with van der Waals surface area (Å²) in [5, 5.41) is 0. The molecule has 0 spiro atoms. The third kappa shape index (κ3) is 1.80. The third-order valence-corrected chi connectivity index (χ3v) is 4.01. The summed E-state index contributed by atoms with van der Waals surface area (Å²) < 4.78 is 8.46. The number of ether oxygens (including phenoxy) is 1. The zero-order chi connectivity index (χ0) is 12.7. The van der Waals surface area contributed by atoms with Crippen LogP contribution in [0.1, 0.15) is 25.3 Å². The summed E-state index contributed by atoms with van der Waals surface area (Å²) in [6.07, 6.45) is 5.26. The lowest BCUT2D eigenvalue weighted by molar-refractivity contribution is 0.0767. The second-order valence-electron chi connectivity index (χ2n) is 4.61. The van der Waals surface area contributed by atoms with E-state index in [0.717, 1.165) is 34.9 Å². The molecule has 2 aromatic rings. The zero-order valence-corrected chi connectivity index (χ0v) is 11.7. The van der Waals surface area contributed by atoms with E-state index < -0.39 is 0 Å². The van der Waals surface area contributed by atoms with Crippen LogP contribution < -0.4 is 5.73 Å². The standard InChI is InChI=1S/C12H15BrN4O/c1-18-10-4-2-3-9(10)17-11-8(16-12(17)14)5-7(13)6-15-11/h5-6,9-10H,2-4H2,1H3,(H2,14,16). The normalized spacial score (nSPS) is 23.9. The molecule has 3 rings (SSSR count). The Morgan fingerprint density at radius 3 is 3.11 bits per heavy atom. The molecule has 6 heteroatoms. The first-order chi connectivity index (χ1) is 8.70. The lowest BCUT2D eigenvalue weighted by atomic mass is 10.2. The molecular weight excluding hydrogens is 296 g/mol. The first-order valence-electron chi connectivity index (χ1n) is 6.02. The topological polar surface area (TPSA) is 66.0 Å². The van der Waals surface area contributed by atoms with Crippen LogP contribution in [-0.4, -0.2) is 27.7 Å². The van der Waals surface area contributed by atoms with Crippen LogP contribution in [0.15, 0.2) is 16.7 Å². The quantitative estimate of drug-likeness (QED) is 0.925. The van der Waals surface area contributed by atoms with Crippen molar-refractivity contribution < 1.29 is 4.74 Å². The van der Waals surface area contributed by atoms with Crippen molar-refractivity contribution in [3.8, 4) is 0 Å². The van der Waals surface area contributed by atoms with Crippen LogP contribution >= 0.6 is 15.9 Å². The molecule has 2 aromatic heterocycles. The number of imidazole rings is 1. The minimum absolute atomic E-state index is 0.204. The van der Waals surface area contributed by atoms with Crippen LogP contribution in [0.25, 0.3) is 11.2 Å². The average Bonchev–Trinajstić information content (AvgIpc) is 2.90. The molecule has 0 aromatic carbocycles. The van der Waals surface area contributed by atoms with E-state index in [2.05, 4.69) is 25.9 Å². The van der Waals surface area contributed by atoms with Gasteiger partial charge in [-0.3, -0.25) is 4.57 Å². The zero-order valence-electron chi connectivity index (χ0n) is 10.1. The highest BCUT2D eigenvalue weighted by molar-refractivity contribution is 9.10. The summed E-state index contributed by atoms with van der Waals surface area (Å²) >= 11 is 3.40. The maximum absolute atomic E-state index is 6.04. The Labute approximate surface area is 113 Å². The van der Waals surface area contributed by atoms with Crippen molar-refractivity contribution in [3.63, 3.8) is 0 Å². The van der Waals surface area contributed by atoms with Gasteiger partial charge in [-0.05, 0) is 41.3 Å². The highest BCUT2D eigenvalue weighted by Crippen LogP contribution is 2.36. The molecule has 2 heterocycles. The summed E-state index contributed by atoms with van der Waals surface area (Å²) in [7, 11) is 1.75. The van der Waals surface area contributed by atoms with Crippen LogP contribution in [0, 0.1) is 0 Å². The summed E-state index contributed by atoms with van der Waals surface area (Å²) in [6, 6.07) is 2.18. The van der Waals surface area contributed by atoms with E-state index in [1.807, 2.05) is 10.6 Å². The number of rotatable bonds is 2. The largest absolute Gasteiger partial charge is 0.379 e. The minimum Gasteiger partial charge on any atom is -0.379 e. The maximum Gasteiger partial charge on any atom is 0.202 e. The fourth-order valence-electron chi connectivity index (χ4n) is 2.78. The van der Waals surface area contributed by atoms with Crippen LogP contribution in [0.4, 0.5) is 5.95 Å². The Kier molecular flexibility index (Phi) is 2.99. The number of aromatic nitrogens is 3. The molecule has 0 saturated heterocycles. The average molecular weight is 311 g/mol. The molecule has 2 unspecified atom stereocenters. The van der Waals surface area contributed by atoms with Crippen molar-refractivity contribution in [1.29, 1.82) is 0 Å². The second-order valence-corrected chi connectivity index (χ2v) is 5.52. The SMILES string of the molecule is COC1CCCC1n1c(N)nc2cc(Br)cnc21. The molecule has 0 aliphatic heterocycles. The van der Waals surface area contributed by atoms with Crippen LogP contribution in [0.2, 0.25) is 0 Å².